The molecule has 1 aromatic rings. The molecule has 1 aliphatic heterocycles. The molecule has 1 aromatic carbocycles. The fourth-order valence-electron chi connectivity index (χ4n) is 2.67. The van der Waals surface area contributed by atoms with Crippen LogP contribution in [0.5, 0.6) is 5.75 Å². The van der Waals surface area contributed by atoms with Crippen molar-refractivity contribution in [3.05, 3.63) is 29.8 Å². The average Bonchev–Trinajstić information content (AvgIpc) is 2.71. The van der Waals surface area contributed by atoms with E-state index in [2.05, 4.69) is 24.1 Å². The molecule has 1 heterocycles. The molecule has 0 aliphatic carbocycles. The van der Waals surface area contributed by atoms with Gasteiger partial charge in [0.2, 0.25) is 0 Å². The predicted octanol–water partition coefficient (Wildman–Crippen LogP) is 1.57. The van der Waals surface area contributed by atoms with Crippen LogP contribution in [0.4, 0.5) is 0 Å². The van der Waals surface area contributed by atoms with Crippen LogP contribution in [-0.2, 0) is 5.54 Å². The van der Waals surface area contributed by atoms with Gasteiger partial charge < -0.3 is 10.5 Å². The number of methoxy groups -OCH3 is 1. The highest BCUT2D eigenvalue weighted by Crippen LogP contribution is 2.37. The minimum Gasteiger partial charge on any atom is -0.497 e. The van der Waals surface area contributed by atoms with Gasteiger partial charge in [0, 0.05) is 6.54 Å². The van der Waals surface area contributed by atoms with Crippen molar-refractivity contribution in [3.63, 3.8) is 0 Å². The van der Waals surface area contributed by atoms with E-state index < -0.39 is 0 Å². The maximum Gasteiger partial charge on any atom is 0.119 e. The van der Waals surface area contributed by atoms with Gasteiger partial charge in [-0.1, -0.05) is 12.1 Å². The van der Waals surface area contributed by atoms with E-state index in [1.807, 2.05) is 12.1 Å². The molecular weight excluding hydrogens is 200 g/mol. The Kier molecular flexibility index (Phi) is 3.17. The van der Waals surface area contributed by atoms with E-state index in [9.17, 15) is 0 Å². The molecular formula is C13H20N2O. The second-order valence-electron chi connectivity index (χ2n) is 4.49. The smallest absolute Gasteiger partial charge is 0.119 e. The zero-order valence-corrected chi connectivity index (χ0v) is 10.1. The van der Waals surface area contributed by atoms with Gasteiger partial charge in [-0.05, 0) is 44.1 Å². The fourth-order valence-corrected chi connectivity index (χ4v) is 2.67. The van der Waals surface area contributed by atoms with E-state index in [1.165, 1.54) is 12.0 Å². The van der Waals surface area contributed by atoms with Gasteiger partial charge >= 0.3 is 0 Å². The van der Waals surface area contributed by atoms with Gasteiger partial charge in [0.15, 0.2) is 0 Å². The molecule has 1 unspecified atom stereocenters. The van der Waals surface area contributed by atoms with E-state index in [4.69, 9.17) is 10.5 Å². The molecule has 1 aliphatic rings. The molecule has 0 radical (unpaired) electrons. The van der Waals surface area contributed by atoms with E-state index in [0.717, 1.165) is 18.7 Å². The van der Waals surface area contributed by atoms with Crippen LogP contribution in [-0.4, -0.2) is 32.1 Å². The lowest BCUT2D eigenvalue weighted by atomic mass is 9.87. The Balaban J connectivity index is 2.39. The monoisotopic (exact) mass is 220 g/mol. The zero-order valence-electron chi connectivity index (χ0n) is 10.1. The number of hydrogen-bond donors (Lipinski definition) is 1. The number of likely N-dealkylation sites (tertiary alicyclic amines) is 1. The summed E-state index contributed by atoms with van der Waals surface area (Å²) in [5.74, 6) is 0.908. The third kappa shape index (κ3) is 1.70. The first-order valence-electron chi connectivity index (χ1n) is 5.79. The van der Waals surface area contributed by atoms with E-state index >= 15 is 0 Å². The first-order valence-corrected chi connectivity index (χ1v) is 5.79. The van der Waals surface area contributed by atoms with Gasteiger partial charge in [-0.25, -0.2) is 0 Å². The number of nitrogens with two attached hydrogens (primary N) is 1. The number of hydrogen-bond acceptors (Lipinski definition) is 3. The second-order valence-corrected chi connectivity index (χ2v) is 4.49. The molecule has 0 aromatic heterocycles. The molecule has 1 saturated heterocycles. The van der Waals surface area contributed by atoms with Crippen LogP contribution in [0.3, 0.4) is 0 Å². The Bertz CT molecular complexity index is 367. The molecule has 2 N–H and O–H groups in total. The lowest BCUT2D eigenvalue weighted by Crippen LogP contribution is -2.44. The first-order chi connectivity index (χ1) is 7.73. The van der Waals surface area contributed by atoms with Gasteiger partial charge in [0.1, 0.15) is 5.75 Å². The molecule has 2 rings (SSSR count). The maximum atomic E-state index is 6.00. The summed E-state index contributed by atoms with van der Waals surface area (Å²) in [7, 11) is 3.85. The topological polar surface area (TPSA) is 38.5 Å². The summed E-state index contributed by atoms with van der Waals surface area (Å²) in [6, 6.07) is 8.27. The molecule has 0 spiro atoms. The molecule has 3 heteroatoms. The van der Waals surface area contributed by atoms with Crippen LogP contribution >= 0.6 is 0 Å². The van der Waals surface area contributed by atoms with Gasteiger partial charge in [-0.2, -0.15) is 0 Å². The van der Waals surface area contributed by atoms with Gasteiger partial charge in [-0.15, -0.1) is 0 Å². The SMILES string of the molecule is COc1cccc(C2(CN)CCCN2C)c1. The van der Waals surface area contributed by atoms with Crippen molar-refractivity contribution in [3.8, 4) is 5.75 Å². The summed E-state index contributed by atoms with van der Waals surface area (Å²) in [4.78, 5) is 2.36. The minimum absolute atomic E-state index is 0.00847. The lowest BCUT2D eigenvalue weighted by molar-refractivity contribution is 0.182. The van der Waals surface area contributed by atoms with Crippen molar-refractivity contribution in [1.82, 2.24) is 4.90 Å². The predicted molar refractivity (Wildman–Crippen MR) is 65.6 cm³/mol. The third-order valence-corrected chi connectivity index (χ3v) is 3.76. The Morgan fingerprint density at radius 2 is 2.31 bits per heavy atom. The number of benzene rings is 1. The molecule has 1 atom stereocenters. The van der Waals surface area contributed by atoms with Crippen molar-refractivity contribution in [2.75, 3.05) is 27.2 Å². The van der Waals surface area contributed by atoms with Crippen LogP contribution < -0.4 is 10.5 Å². The Morgan fingerprint density at radius 3 is 2.88 bits per heavy atom. The summed E-state index contributed by atoms with van der Waals surface area (Å²) in [5.41, 5.74) is 7.28. The molecule has 3 nitrogen and oxygen atoms in total. The maximum absolute atomic E-state index is 6.00. The standard InChI is InChI=1S/C13H20N2O/c1-15-8-4-7-13(15,10-14)11-5-3-6-12(9-11)16-2/h3,5-6,9H,4,7-8,10,14H2,1-2H3. The van der Waals surface area contributed by atoms with Crippen LogP contribution in [0.15, 0.2) is 24.3 Å². The lowest BCUT2D eigenvalue weighted by Gasteiger charge is -2.35. The van der Waals surface area contributed by atoms with E-state index in [0.29, 0.717) is 6.54 Å². The summed E-state index contributed by atoms with van der Waals surface area (Å²) < 4.78 is 5.28. The van der Waals surface area contributed by atoms with E-state index in [-0.39, 0.29) is 5.54 Å². The van der Waals surface area contributed by atoms with Crippen molar-refractivity contribution in [2.45, 2.75) is 18.4 Å². The Morgan fingerprint density at radius 1 is 1.50 bits per heavy atom. The third-order valence-electron chi connectivity index (χ3n) is 3.76. The molecule has 0 amide bonds. The number of ether oxygens (including phenoxy) is 1. The molecule has 0 saturated carbocycles. The van der Waals surface area contributed by atoms with Crippen molar-refractivity contribution >= 4 is 0 Å². The molecule has 16 heavy (non-hydrogen) atoms. The minimum atomic E-state index is 0.00847. The number of nitrogens with zero attached hydrogens (tertiary/aromatic N) is 1. The molecule has 1 fully saturated rings. The average molecular weight is 220 g/mol. The summed E-state index contributed by atoms with van der Waals surface area (Å²) in [6.07, 6.45) is 2.35. The van der Waals surface area contributed by atoms with Gasteiger partial charge in [0.25, 0.3) is 0 Å². The summed E-state index contributed by atoms with van der Waals surface area (Å²) in [5, 5.41) is 0. The highest BCUT2D eigenvalue weighted by atomic mass is 16.5. The van der Waals surface area contributed by atoms with Crippen LogP contribution in [0, 0.1) is 0 Å². The summed E-state index contributed by atoms with van der Waals surface area (Å²) in [6.45, 7) is 1.78. The quantitative estimate of drug-likeness (QED) is 0.840. The zero-order chi connectivity index (χ0) is 11.6. The Hall–Kier alpha value is -1.06. The largest absolute Gasteiger partial charge is 0.497 e. The normalized spacial score (nSPS) is 25.9. The van der Waals surface area contributed by atoms with Gasteiger partial charge in [-0.3, -0.25) is 4.90 Å². The molecule has 0 bridgehead atoms. The molecule has 88 valence electrons. The number of rotatable bonds is 3. The first kappa shape index (κ1) is 11.4. The van der Waals surface area contributed by atoms with E-state index in [1.54, 1.807) is 7.11 Å². The van der Waals surface area contributed by atoms with Crippen molar-refractivity contribution in [2.24, 2.45) is 5.73 Å². The highest BCUT2D eigenvalue weighted by Gasteiger charge is 2.39. The number of likely N-dealkylation sites (N-methyl/N-ethyl adjacent to an activating group) is 1. The van der Waals surface area contributed by atoms with Gasteiger partial charge in [0.05, 0.1) is 12.6 Å². The second kappa shape index (κ2) is 4.44. The van der Waals surface area contributed by atoms with Crippen molar-refractivity contribution in [1.29, 1.82) is 0 Å². The highest BCUT2D eigenvalue weighted by molar-refractivity contribution is 5.34. The fraction of sp³-hybridized carbons (Fsp3) is 0.538. The van der Waals surface area contributed by atoms with Crippen LogP contribution in [0.25, 0.3) is 0 Å². The Labute approximate surface area is 97.2 Å². The van der Waals surface area contributed by atoms with Crippen LogP contribution in [0.1, 0.15) is 18.4 Å². The van der Waals surface area contributed by atoms with Crippen molar-refractivity contribution < 1.29 is 4.74 Å². The summed E-state index contributed by atoms with van der Waals surface area (Å²) >= 11 is 0. The van der Waals surface area contributed by atoms with Crippen LogP contribution in [0.2, 0.25) is 0 Å².